The van der Waals surface area contributed by atoms with Crippen LogP contribution in [0.1, 0.15) is 5.56 Å². The van der Waals surface area contributed by atoms with E-state index in [2.05, 4.69) is 5.92 Å². The Morgan fingerprint density at radius 3 is 2.69 bits per heavy atom. The molecule has 1 heterocycles. The number of carbonyl (C=O) groups is 2. The third-order valence-electron chi connectivity index (χ3n) is 4.02. The van der Waals surface area contributed by atoms with Crippen LogP contribution in [0.2, 0.25) is 0 Å². The molecule has 26 heavy (non-hydrogen) atoms. The molecular formula is C20H17FN2O2S. The number of hydrogen-bond donors (Lipinski definition) is 0. The third-order valence-corrected chi connectivity index (χ3v) is 5.07. The molecule has 1 aliphatic heterocycles. The minimum atomic E-state index is -0.336. The van der Waals surface area contributed by atoms with Gasteiger partial charge < -0.3 is 9.80 Å². The summed E-state index contributed by atoms with van der Waals surface area (Å²) < 4.78 is 13.1. The van der Waals surface area contributed by atoms with Gasteiger partial charge in [0.25, 0.3) is 0 Å². The Morgan fingerprint density at radius 2 is 1.96 bits per heavy atom. The summed E-state index contributed by atoms with van der Waals surface area (Å²) in [7, 11) is 0. The molecule has 4 nitrogen and oxygen atoms in total. The van der Waals surface area contributed by atoms with Gasteiger partial charge in [0.05, 0.1) is 18.0 Å². The Kier molecular flexibility index (Phi) is 5.59. The minimum Gasteiger partial charge on any atom is -0.326 e. The first kappa shape index (κ1) is 18.0. The number of nitrogens with zero attached hydrogens (tertiary/aromatic N) is 2. The van der Waals surface area contributed by atoms with Crippen LogP contribution < -0.4 is 4.90 Å². The van der Waals surface area contributed by atoms with Crippen molar-refractivity contribution in [3.8, 4) is 12.3 Å². The first-order valence-corrected chi connectivity index (χ1v) is 9.05. The molecule has 6 heteroatoms. The van der Waals surface area contributed by atoms with Crippen molar-refractivity contribution in [1.29, 1.82) is 0 Å². The zero-order chi connectivity index (χ0) is 18.5. The Balaban J connectivity index is 1.77. The summed E-state index contributed by atoms with van der Waals surface area (Å²) in [6, 6.07) is 13.4. The Morgan fingerprint density at radius 1 is 1.23 bits per heavy atom. The van der Waals surface area contributed by atoms with Gasteiger partial charge in [-0.2, -0.15) is 0 Å². The van der Waals surface area contributed by atoms with Crippen LogP contribution in [0.3, 0.4) is 0 Å². The maximum atomic E-state index is 13.1. The second-order valence-electron chi connectivity index (χ2n) is 5.82. The summed E-state index contributed by atoms with van der Waals surface area (Å²) in [4.78, 5) is 29.1. The second-order valence-corrected chi connectivity index (χ2v) is 6.83. The van der Waals surface area contributed by atoms with Gasteiger partial charge >= 0.3 is 0 Å². The highest BCUT2D eigenvalue weighted by Crippen LogP contribution is 2.34. The van der Waals surface area contributed by atoms with E-state index in [-0.39, 0.29) is 37.3 Å². The second kappa shape index (κ2) is 8.07. The monoisotopic (exact) mass is 368 g/mol. The van der Waals surface area contributed by atoms with Gasteiger partial charge in [-0.15, -0.1) is 18.2 Å². The fourth-order valence-electron chi connectivity index (χ4n) is 2.72. The molecular weight excluding hydrogens is 351 g/mol. The van der Waals surface area contributed by atoms with Crippen molar-refractivity contribution in [3.63, 3.8) is 0 Å². The molecule has 3 rings (SSSR count). The predicted molar refractivity (Wildman–Crippen MR) is 100 cm³/mol. The Bertz CT molecular complexity index is 861. The van der Waals surface area contributed by atoms with Crippen molar-refractivity contribution in [2.45, 2.75) is 11.4 Å². The lowest BCUT2D eigenvalue weighted by Gasteiger charge is -2.30. The van der Waals surface area contributed by atoms with E-state index in [9.17, 15) is 14.0 Å². The lowest BCUT2D eigenvalue weighted by Crippen LogP contribution is -2.45. The highest BCUT2D eigenvalue weighted by atomic mass is 32.2. The van der Waals surface area contributed by atoms with E-state index >= 15 is 0 Å². The Hall–Kier alpha value is -2.78. The van der Waals surface area contributed by atoms with Crippen molar-refractivity contribution in [3.05, 3.63) is 59.9 Å². The number of anilines is 1. The maximum Gasteiger partial charge on any atom is 0.243 e. The van der Waals surface area contributed by atoms with E-state index in [1.54, 1.807) is 12.1 Å². The number of amides is 2. The van der Waals surface area contributed by atoms with E-state index in [1.165, 1.54) is 33.7 Å². The van der Waals surface area contributed by atoms with E-state index in [0.717, 1.165) is 16.1 Å². The number of thioether (sulfide) groups is 1. The van der Waals surface area contributed by atoms with Crippen LogP contribution in [-0.4, -0.2) is 35.6 Å². The van der Waals surface area contributed by atoms with Gasteiger partial charge in [0.15, 0.2) is 0 Å². The van der Waals surface area contributed by atoms with Crippen LogP contribution in [-0.2, 0) is 16.1 Å². The topological polar surface area (TPSA) is 40.6 Å². The first-order valence-electron chi connectivity index (χ1n) is 8.06. The molecule has 0 atom stereocenters. The van der Waals surface area contributed by atoms with Crippen LogP contribution >= 0.6 is 11.8 Å². The summed E-state index contributed by atoms with van der Waals surface area (Å²) in [6.45, 7) is 0.315. The summed E-state index contributed by atoms with van der Waals surface area (Å²) >= 11 is 1.47. The number of carbonyl (C=O) groups excluding carboxylic acids is 2. The average molecular weight is 368 g/mol. The van der Waals surface area contributed by atoms with Gasteiger partial charge in [-0.1, -0.05) is 30.2 Å². The third kappa shape index (κ3) is 4.06. The molecule has 0 radical (unpaired) electrons. The number of para-hydroxylation sites is 1. The zero-order valence-electron chi connectivity index (χ0n) is 14.0. The number of halogens is 1. The predicted octanol–water partition coefficient (Wildman–Crippen LogP) is 2.93. The van der Waals surface area contributed by atoms with Crippen LogP contribution in [0.5, 0.6) is 0 Å². The van der Waals surface area contributed by atoms with Gasteiger partial charge in [0.1, 0.15) is 12.4 Å². The van der Waals surface area contributed by atoms with Gasteiger partial charge in [-0.3, -0.25) is 9.59 Å². The van der Waals surface area contributed by atoms with Gasteiger partial charge in [-0.05, 0) is 29.8 Å². The lowest BCUT2D eigenvalue weighted by molar-refractivity contribution is -0.131. The average Bonchev–Trinajstić information content (AvgIpc) is 2.65. The standard InChI is InChI=1S/C20H17FN2O2S/c1-2-11-22(12-15-7-9-16(21)10-8-15)19(24)13-23-17-5-3-4-6-18(17)26-14-20(23)25/h1,3-10H,11-14H2. The summed E-state index contributed by atoms with van der Waals surface area (Å²) in [5.41, 5.74) is 1.51. The van der Waals surface area contributed by atoms with E-state index in [0.29, 0.717) is 5.75 Å². The molecule has 2 aromatic rings. The molecule has 0 fully saturated rings. The Labute approximate surface area is 156 Å². The fraction of sp³-hybridized carbons (Fsp3) is 0.200. The number of benzene rings is 2. The fourth-order valence-corrected chi connectivity index (χ4v) is 3.65. The van der Waals surface area contributed by atoms with Crippen LogP contribution in [0.4, 0.5) is 10.1 Å². The highest BCUT2D eigenvalue weighted by Gasteiger charge is 2.27. The highest BCUT2D eigenvalue weighted by molar-refractivity contribution is 8.00. The molecule has 0 N–H and O–H groups in total. The molecule has 2 aromatic carbocycles. The van der Waals surface area contributed by atoms with Gasteiger partial charge in [0.2, 0.25) is 11.8 Å². The van der Waals surface area contributed by atoms with E-state index < -0.39 is 0 Å². The first-order chi connectivity index (χ1) is 12.6. The number of hydrogen-bond acceptors (Lipinski definition) is 3. The van der Waals surface area contributed by atoms with Crippen molar-refractivity contribution in [2.75, 3.05) is 23.7 Å². The SMILES string of the molecule is C#CCN(Cc1ccc(F)cc1)C(=O)CN1C(=O)CSc2ccccc21. The number of fused-ring (bicyclic) bond motifs is 1. The van der Waals surface area contributed by atoms with Crippen molar-refractivity contribution in [1.82, 2.24) is 4.90 Å². The van der Waals surface area contributed by atoms with E-state index in [1.807, 2.05) is 24.3 Å². The molecule has 0 bridgehead atoms. The number of terminal acetylenes is 1. The normalized spacial score (nSPS) is 13.1. The summed E-state index contributed by atoms with van der Waals surface area (Å²) in [6.07, 6.45) is 5.39. The number of rotatable bonds is 5. The minimum absolute atomic E-state index is 0.0702. The molecule has 0 aliphatic carbocycles. The van der Waals surface area contributed by atoms with Gasteiger partial charge in [0, 0.05) is 11.4 Å². The molecule has 0 saturated heterocycles. The summed E-state index contributed by atoms with van der Waals surface area (Å²) in [5.74, 6) is 2.08. The quantitative estimate of drug-likeness (QED) is 0.762. The lowest BCUT2D eigenvalue weighted by atomic mass is 10.2. The largest absolute Gasteiger partial charge is 0.326 e. The molecule has 2 amide bonds. The molecule has 0 spiro atoms. The molecule has 1 aliphatic rings. The molecule has 0 saturated carbocycles. The van der Waals surface area contributed by atoms with Crippen LogP contribution in [0, 0.1) is 18.2 Å². The van der Waals surface area contributed by atoms with Crippen molar-refractivity contribution >= 4 is 29.3 Å². The molecule has 132 valence electrons. The van der Waals surface area contributed by atoms with Crippen LogP contribution in [0.15, 0.2) is 53.4 Å². The molecule has 0 unspecified atom stereocenters. The molecule has 0 aromatic heterocycles. The van der Waals surface area contributed by atoms with Crippen LogP contribution in [0.25, 0.3) is 0 Å². The maximum absolute atomic E-state index is 13.1. The van der Waals surface area contributed by atoms with Crippen molar-refractivity contribution in [2.24, 2.45) is 0 Å². The van der Waals surface area contributed by atoms with Crippen molar-refractivity contribution < 1.29 is 14.0 Å². The smallest absolute Gasteiger partial charge is 0.243 e. The van der Waals surface area contributed by atoms with Gasteiger partial charge in [-0.25, -0.2) is 4.39 Å². The summed E-state index contributed by atoms with van der Waals surface area (Å²) in [5, 5.41) is 0. The van der Waals surface area contributed by atoms with E-state index in [4.69, 9.17) is 6.42 Å². The zero-order valence-corrected chi connectivity index (χ0v) is 14.8.